The van der Waals surface area contributed by atoms with Gasteiger partial charge >= 0.3 is 0 Å². The molecular formula is C71H47N3. The van der Waals surface area contributed by atoms with Crippen LogP contribution in [0.3, 0.4) is 0 Å². The highest BCUT2D eigenvalue weighted by Gasteiger charge is 2.45. The summed E-state index contributed by atoms with van der Waals surface area (Å²) in [4.78, 5) is 2.45. The lowest BCUT2D eigenvalue weighted by Crippen LogP contribution is -2.28. The molecule has 15 rings (SSSR count). The molecule has 0 amide bonds. The van der Waals surface area contributed by atoms with Crippen LogP contribution >= 0.6 is 0 Å². The highest BCUT2D eigenvalue weighted by atomic mass is 15.1. The van der Waals surface area contributed by atoms with Crippen molar-refractivity contribution < 1.29 is 0 Å². The van der Waals surface area contributed by atoms with E-state index in [2.05, 4.69) is 299 Å². The maximum Gasteiger partial charge on any atom is 0.0713 e. The summed E-state index contributed by atoms with van der Waals surface area (Å²) in [7, 11) is 0. The van der Waals surface area contributed by atoms with Crippen LogP contribution in [-0.4, -0.2) is 9.13 Å². The van der Waals surface area contributed by atoms with Gasteiger partial charge in [0.1, 0.15) is 0 Å². The molecule has 0 atom stereocenters. The molecule has 346 valence electrons. The molecule has 3 nitrogen and oxygen atoms in total. The Bertz CT molecular complexity index is 4310. The Morgan fingerprint density at radius 2 is 0.662 bits per heavy atom. The minimum Gasteiger partial charge on any atom is -0.310 e. The molecule has 0 radical (unpaired) electrons. The predicted molar refractivity (Wildman–Crippen MR) is 310 cm³/mol. The van der Waals surface area contributed by atoms with Crippen molar-refractivity contribution in [2.45, 2.75) is 5.41 Å². The molecule has 74 heavy (non-hydrogen) atoms. The van der Waals surface area contributed by atoms with Crippen LogP contribution < -0.4 is 4.90 Å². The van der Waals surface area contributed by atoms with Crippen molar-refractivity contribution in [3.05, 3.63) is 307 Å². The van der Waals surface area contributed by atoms with Crippen molar-refractivity contribution in [2.75, 3.05) is 4.90 Å². The van der Waals surface area contributed by atoms with Gasteiger partial charge in [0.25, 0.3) is 0 Å². The van der Waals surface area contributed by atoms with E-state index in [1.54, 1.807) is 0 Å². The molecule has 0 saturated carbocycles. The second kappa shape index (κ2) is 16.7. The van der Waals surface area contributed by atoms with Gasteiger partial charge in [-0.05, 0) is 117 Å². The highest BCUT2D eigenvalue weighted by Crippen LogP contribution is 2.56. The zero-order valence-corrected chi connectivity index (χ0v) is 40.5. The number of benzene rings is 12. The number of fused-ring (bicyclic) bond motifs is 10. The van der Waals surface area contributed by atoms with E-state index in [1.165, 1.54) is 93.3 Å². The van der Waals surface area contributed by atoms with Crippen LogP contribution in [0.1, 0.15) is 22.3 Å². The van der Waals surface area contributed by atoms with E-state index >= 15 is 0 Å². The molecular weight excluding hydrogens is 895 g/mol. The molecule has 0 spiro atoms. The first-order valence-electron chi connectivity index (χ1n) is 25.6. The summed E-state index contributed by atoms with van der Waals surface area (Å²) in [6.07, 6.45) is 0. The van der Waals surface area contributed by atoms with Crippen LogP contribution in [0.15, 0.2) is 285 Å². The van der Waals surface area contributed by atoms with Gasteiger partial charge in [0.2, 0.25) is 0 Å². The standard InChI is InChI=1S/C71H47N3/c1-2-18-50(19-3-1)71(63-28-12-6-20-55(63)56-21-7-13-29-64(56)71)51-38-44-53(45-39-51)72(69-46-47-70(62-23-5-4-22-61(62)69)74-67-32-16-10-26-59(67)60-27-11-17-33-68(60)74)52-40-34-48(35-41-52)49-36-42-54(43-37-49)73-65-30-14-8-24-57(65)58-25-9-15-31-66(58)73/h1-47H. The molecule has 0 N–H and O–H groups in total. The summed E-state index contributed by atoms with van der Waals surface area (Å²) >= 11 is 0. The quantitative estimate of drug-likeness (QED) is 0.148. The van der Waals surface area contributed by atoms with Gasteiger partial charge in [-0.25, -0.2) is 0 Å². The molecule has 14 aromatic rings. The van der Waals surface area contributed by atoms with Crippen molar-refractivity contribution >= 4 is 71.4 Å². The molecule has 0 saturated heterocycles. The first-order valence-corrected chi connectivity index (χ1v) is 25.6. The smallest absolute Gasteiger partial charge is 0.0713 e. The number of hydrogen-bond donors (Lipinski definition) is 0. The van der Waals surface area contributed by atoms with E-state index in [-0.39, 0.29) is 0 Å². The van der Waals surface area contributed by atoms with E-state index in [1.807, 2.05) is 0 Å². The number of rotatable bonds is 8. The first-order chi connectivity index (χ1) is 36.7. The van der Waals surface area contributed by atoms with Gasteiger partial charge in [-0.3, -0.25) is 0 Å². The van der Waals surface area contributed by atoms with Gasteiger partial charge in [-0.15, -0.1) is 0 Å². The fraction of sp³-hybridized carbons (Fsp3) is 0.0141. The molecule has 0 unspecified atom stereocenters. The monoisotopic (exact) mass is 941 g/mol. The SMILES string of the molecule is c1ccc(C2(c3ccc(N(c4ccc(-c5ccc(-n6c7ccccc7c7ccccc76)cc5)cc4)c4ccc(-n5c6ccccc6c6ccccc65)c5ccccc45)cc3)c3ccccc3-c3ccccc32)cc1. The summed E-state index contributed by atoms with van der Waals surface area (Å²) < 4.78 is 4.82. The largest absolute Gasteiger partial charge is 0.310 e. The third-order valence-electron chi connectivity index (χ3n) is 15.8. The Labute approximate surface area is 429 Å². The second-order valence-corrected chi connectivity index (χ2v) is 19.6. The van der Waals surface area contributed by atoms with E-state index in [9.17, 15) is 0 Å². The fourth-order valence-electron chi connectivity index (χ4n) is 12.6. The Morgan fingerprint density at radius 1 is 0.270 bits per heavy atom. The molecule has 3 heteroatoms. The minimum absolute atomic E-state index is 0.493. The van der Waals surface area contributed by atoms with E-state index in [4.69, 9.17) is 0 Å². The number of anilines is 3. The zero-order valence-electron chi connectivity index (χ0n) is 40.5. The third-order valence-corrected chi connectivity index (χ3v) is 15.8. The average molecular weight is 942 g/mol. The van der Waals surface area contributed by atoms with Crippen molar-refractivity contribution in [3.63, 3.8) is 0 Å². The lowest BCUT2D eigenvalue weighted by atomic mass is 9.68. The summed E-state index contributed by atoms with van der Waals surface area (Å²) in [6.45, 7) is 0. The maximum atomic E-state index is 2.45. The fourth-order valence-corrected chi connectivity index (χ4v) is 12.6. The lowest BCUT2D eigenvalue weighted by molar-refractivity contribution is 0.768. The van der Waals surface area contributed by atoms with E-state index < -0.39 is 5.41 Å². The van der Waals surface area contributed by atoms with Crippen LogP contribution in [0, 0.1) is 0 Å². The van der Waals surface area contributed by atoms with Gasteiger partial charge in [-0.1, -0.05) is 212 Å². The van der Waals surface area contributed by atoms with Crippen LogP contribution in [0.2, 0.25) is 0 Å². The number of aromatic nitrogens is 2. The summed E-state index contributed by atoms with van der Waals surface area (Å²) in [5, 5.41) is 7.38. The Hall–Kier alpha value is -9.70. The zero-order chi connectivity index (χ0) is 48.7. The molecule has 0 fully saturated rings. The predicted octanol–water partition coefficient (Wildman–Crippen LogP) is 18.5. The van der Waals surface area contributed by atoms with Gasteiger partial charge < -0.3 is 14.0 Å². The van der Waals surface area contributed by atoms with Crippen molar-refractivity contribution in [2.24, 2.45) is 0 Å². The minimum atomic E-state index is -0.493. The summed E-state index contributed by atoms with van der Waals surface area (Å²) in [5.74, 6) is 0. The summed E-state index contributed by atoms with van der Waals surface area (Å²) in [5.41, 5.74) is 19.9. The maximum absolute atomic E-state index is 2.45. The molecule has 12 aromatic carbocycles. The summed E-state index contributed by atoms with van der Waals surface area (Å²) in [6, 6.07) is 105. The second-order valence-electron chi connectivity index (χ2n) is 19.6. The van der Waals surface area contributed by atoms with Crippen LogP contribution in [0.25, 0.3) is 88.0 Å². The van der Waals surface area contributed by atoms with Gasteiger partial charge in [0.05, 0.1) is 38.9 Å². The van der Waals surface area contributed by atoms with Gasteiger partial charge in [0.15, 0.2) is 0 Å². The highest BCUT2D eigenvalue weighted by molar-refractivity contribution is 6.12. The van der Waals surface area contributed by atoms with Gasteiger partial charge in [0, 0.05) is 49.4 Å². The van der Waals surface area contributed by atoms with Crippen LogP contribution in [0.4, 0.5) is 17.1 Å². The topological polar surface area (TPSA) is 13.1 Å². The third kappa shape index (κ3) is 6.20. The van der Waals surface area contributed by atoms with Gasteiger partial charge in [-0.2, -0.15) is 0 Å². The molecule has 1 aliphatic rings. The van der Waals surface area contributed by atoms with E-state index in [0.29, 0.717) is 0 Å². The first kappa shape index (κ1) is 42.0. The molecule has 1 aliphatic carbocycles. The van der Waals surface area contributed by atoms with Crippen LogP contribution in [0.5, 0.6) is 0 Å². The molecule has 2 aromatic heterocycles. The Kier molecular flexibility index (Phi) is 9.48. The van der Waals surface area contributed by atoms with Crippen molar-refractivity contribution in [3.8, 4) is 33.6 Å². The van der Waals surface area contributed by atoms with E-state index in [0.717, 1.165) is 34.0 Å². The Morgan fingerprint density at radius 3 is 1.19 bits per heavy atom. The average Bonchev–Trinajstić information content (AvgIpc) is 4.11. The normalized spacial score (nSPS) is 12.7. The lowest BCUT2D eigenvalue weighted by Gasteiger charge is -2.34. The van der Waals surface area contributed by atoms with Crippen molar-refractivity contribution in [1.29, 1.82) is 0 Å². The van der Waals surface area contributed by atoms with Crippen LogP contribution in [-0.2, 0) is 5.41 Å². The molecule has 0 aliphatic heterocycles. The Balaban J connectivity index is 0.886. The van der Waals surface area contributed by atoms with Crippen molar-refractivity contribution in [1.82, 2.24) is 9.13 Å². The number of para-hydroxylation sites is 4. The number of hydrogen-bond acceptors (Lipinski definition) is 1. The molecule has 0 bridgehead atoms. The molecule has 2 heterocycles. The number of nitrogens with zero attached hydrogens (tertiary/aromatic N) is 3.